The van der Waals surface area contributed by atoms with E-state index in [-0.39, 0.29) is 55.8 Å². The first kappa shape index (κ1) is 17.1. The molecule has 2 aliphatic rings. The van der Waals surface area contributed by atoms with E-state index in [4.69, 9.17) is 4.74 Å². The van der Waals surface area contributed by atoms with Crippen molar-refractivity contribution in [2.45, 2.75) is 12.5 Å². The Morgan fingerprint density at radius 2 is 1.84 bits per heavy atom. The predicted molar refractivity (Wildman–Crippen MR) is 86.8 cm³/mol. The van der Waals surface area contributed by atoms with Crippen LogP contribution < -0.4 is 5.32 Å². The molecule has 2 aliphatic heterocycles. The van der Waals surface area contributed by atoms with Crippen molar-refractivity contribution in [1.82, 2.24) is 15.1 Å². The quantitative estimate of drug-likeness (QED) is 0.736. The smallest absolute Gasteiger partial charge is 0.261 e. The van der Waals surface area contributed by atoms with E-state index in [2.05, 4.69) is 5.32 Å². The average molecular weight is 345 g/mol. The summed E-state index contributed by atoms with van der Waals surface area (Å²) in [5.41, 5.74) is 0.743. The van der Waals surface area contributed by atoms with Crippen LogP contribution in [-0.4, -0.2) is 72.8 Å². The van der Waals surface area contributed by atoms with E-state index in [1.807, 2.05) is 0 Å². The van der Waals surface area contributed by atoms with Crippen LogP contribution >= 0.6 is 0 Å². The summed E-state index contributed by atoms with van der Waals surface area (Å²) in [5, 5.41) is 2.71. The fraction of sp³-hybridized carbons (Fsp3) is 0.412. The molecule has 1 aromatic rings. The monoisotopic (exact) mass is 345 g/mol. The summed E-state index contributed by atoms with van der Waals surface area (Å²) in [5.74, 6) is -1.11. The van der Waals surface area contributed by atoms with Crippen molar-refractivity contribution >= 4 is 23.6 Å². The van der Waals surface area contributed by atoms with Crippen LogP contribution in [0.25, 0.3) is 0 Å². The molecule has 0 aliphatic carbocycles. The summed E-state index contributed by atoms with van der Waals surface area (Å²) in [4.78, 5) is 50.4. The Balaban J connectivity index is 1.46. The van der Waals surface area contributed by atoms with Gasteiger partial charge < -0.3 is 15.0 Å². The molecule has 0 spiro atoms. The molecule has 1 fully saturated rings. The van der Waals surface area contributed by atoms with Crippen LogP contribution in [0.1, 0.15) is 27.1 Å². The number of ether oxygens (including phenoxy) is 1. The van der Waals surface area contributed by atoms with Gasteiger partial charge in [0.25, 0.3) is 11.8 Å². The lowest BCUT2D eigenvalue weighted by molar-refractivity contribution is -0.146. The molecule has 132 valence electrons. The first-order valence-corrected chi connectivity index (χ1v) is 8.05. The molecule has 3 rings (SSSR count). The third kappa shape index (κ3) is 3.53. The maximum atomic E-state index is 12.2. The summed E-state index contributed by atoms with van der Waals surface area (Å²) in [7, 11) is 1.68. The lowest BCUT2D eigenvalue weighted by Gasteiger charge is -2.29. The van der Waals surface area contributed by atoms with E-state index < -0.39 is 0 Å². The van der Waals surface area contributed by atoms with Gasteiger partial charge >= 0.3 is 0 Å². The first-order valence-electron chi connectivity index (χ1n) is 8.05. The topological polar surface area (TPSA) is 96.0 Å². The number of nitrogens with zero attached hydrogens (tertiary/aromatic N) is 2. The largest absolute Gasteiger partial charge is 0.365 e. The minimum Gasteiger partial charge on any atom is -0.365 e. The van der Waals surface area contributed by atoms with Crippen molar-refractivity contribution in [3.8, 4) is 0 Å². The Bertz CT molecular complexity index is 698. The van der Waals surface area contributed by atoms with Crippen molar-refractivity contribution in [3.63, 3.8) is 0 Å². The number of hydrogen-bond donors (Lipinski definition) is 1. The molecular weight excluding hydrogens is 326 g/mol. The zero-order chi connectivity index (χ0) is 18.0. The number of imide groups is 1. The van der Waals surface area contributed by atoms with E-state index >= 15 is 0 Å². The number of likely N-dealkylation sites (N-methyl/N-ethyl adjacent to an activating group) is 1. The highest BCUT2D eigenvalue weighted by atomic mass is 16.5. The van der Waals surface area contributed by atoms with Crippen LogP contribution in [0, 0.1) is 0 Å². The van der Waals surface area contributed by atoms with Gasteiger partial charge in [-0.25, -0.2) is 0 Å². The number of benzene rings is 1. The molecule has 8 nitrogen and oxygen atoms in total. The number of amides is 4. The summed E-state index contributed by atoms with van der Waals surface area (Å²) in [6.45, 7) is 0.726. The maximum Gasteiger partial charge on any atom is 0.261 e. The molecule has 0 saturated carbocycles. The highest BCUT2D eigenvalue weighted by Gasteiger charge is 2.35. The van der Waals surface area contributed by atoms with Gasteiger partial charge in [-0.2, -0.15) is 0 Å². The number of nitrogens with one attached hydrogen (secondary N) is 1. The first-order chi connectivity index (χ1) is 12.0. The highest BCUT2D eigenvalue weighted by molar-refractivity contribution is 6.21. The Morgan fingerprint density at radius 1 is 1.20 bits per heavy atom. The summed E-state index contributed by atoms with van der Waals surface area (Å²) >= 11 is 0. The molecular formula is C17H19N3O5. The van der Waals surface area contributed by atoms with Crippen molar-refractivity contribution in [3.05, 3.63) is 35.4 Å². The number of morpholine rings is 1. The number of hydrogen-bond acceptors (Lipinski definition) is 5. The van der Waals surface area contributed by atoms with Gasteiger partial charge in [-0.15, -0.1) is 0 Å². The molecule has 8 heteroatoms. The lowest BCUT2D eigenvalue weighted by Crippen LogP contribution is -2.49. The van der Waals surface area contributed by atoms with Gasteiger partial charge in [-0.3, -0.25) is 24.1 Å². The molecule has 1 unspecified atom stereocenters. The molecule has 0 radical (unpaired) electrons. The van der Waals surface area contributed by atoms with Gasteiger partial charge in [0, 0.05) is 33.1 Å². The van der Waals surface area contributed by atoms with E-state index in [9.17, 15) is 19.2 Å². The van der Waals surface area contributed by atoms with Crippen molar-refractivity contribution in [1.29, 1.82) is 0 Å². The third-order valence-corrected chi connectivity index (χ3v) is 4.31. The van der Waals surface area contributed by atoms with Crippen LogP contribution in [0.15, 0.2) is 24.3 Å². The Kier molecular flexibility index (Phi) is 4.80. The summed E-state index contributed by atoms with van der Waals surface area (Å²) in [6.07, 6.45) is -0.238. The Labute approximate surface area is 144 Å². The Hall–Kier alpha value is -2.74. The second kappa shape index (κ2) is 7.02. The van der Waals surface area contributed by atoms with Gasteiger partial charge in [0.2, 0.25) is 11.8 Å². The van der Waals surface area contributed by atoms with Gasteiger partial charge in [0.15, 0.2) is 0 Å². The van der Waals surface area contributed by atoms with E-state index in [1.165, 1.54) is 0 Å². The highest BCUT2D eigenvalue weighted by Crippen LogP contribution is 2.22. The van der Waals surface area contributed by atoms with E-state index in [0.29, 0.717) is 17.7 Å². The molecule has 4 amide bonds. The van der Waals surface area contributed by atoms with Crippen LogP contribution in [0.2, 0.25) is 0 Å². The van der Waals surface area contributed by atoms with Crippen LogP contribution in [0.3, 0.4) is 0 Å². The SMILES string of the molecule is CN1CC(CNC(=O)CCN2C(=O)c3ccccc3C2=O)OCC1=O. The van der Waals surface area contributed by atoms with Gasteiger partial charge in [-0.1, -0.05) is 12.1 Å². The minimum absolute atomic E-state index is 0.00603. The average Bonchev–Trinajstić information content (AvgIpc) is 2.85. The number of rotatable bonds is 5. The fourth-order valence-corrected chi connectivity index (χ4v) is 2.85. The van der Waals surface area contributed by atoms with Crippen LogP contribution in [0.5, 0.6) is 0 Å². The van der Waals surface area contributed by atoms with Gasteiger partial charge in [-0.05, 0) is 12.1 Å². The van der Waals surface area contributed by atoms with Crippen molar-refractivity contribution in [2.24, 2.45) is 0 Å². The molecule has 1 saturated heterocycles. The normalized spacial score (nSPS) is 20.0. The standard InChI is InChI=1S/C17H19N3O5/c1-19-9-11(25-10-15(19)22)8-18-14(21)6-7-20-16(23)12-4-2-3-5-13(12)17(20)24/h2-5,11H,6-10H2,1H3,(H,18,21). The third-order valence-electron chi connectivity index (χ3n) is 4.31. The molecule has 0 bridgehead atoms. The van der Waals surface area contributed by atoms with Crippen molar-refractivity contribution < 1.29 is 23.9 Å². The molecule has 2 heterocycles. The van der Waals surface area contributed by atoms with Crippen LogP contribution in [0.4, 0.5) is 0 Å². The van der Waals surface area contributed by atoms with E-state index in [0.717, 1.165) is 4.90 Å². The van der Waals surface area contributed by atoms with Crippen LogP contribution in [-0.2, 0) is 14.3 Å². The number of carbonyl (C=O) groups is 4. The molecule has 25 heavy (non-hydrogen) atoms. The zero-order valence-electron chi connectivity index (χ0n) is 13.9. The minimum atomic E-state index is -0.371. The molecule has 1 atom stereocenters. The molecule has 0 aromatic heterocycles. The molecule has 1 N–H and O–H groups in total. The number of fused-ring (bicyclic) bond motifs is 1. The lowest BCUT2D eigenvalue weighted by atomic mass is 10.1. The predicted octanol–water partition coefficient (Wildman–Crippen LogP) is -0.354. The summed E-state index contributed by atoms with van der Waals surface area (Å²) < 4.78 is 5.34. The second-order valence-electron chi connectivity index (χ2n) is 6.07. The van der Waals surface area contributed by atoms with E-state index in [1.54, 1.807) is 36.2 Å². The molecule has 1 aromatic carbocycles. The second-order valence-corrected chi connectivity index (χ2v) is 6.07. The fourth-order valence-electron chi connectivity index (χ4n) is 2.85. The number of carbonyl (C=O) groups excluding carboxylic acids is 4. The Morgan fingerprint density at radius 3 is 2.44 bits per heavy atom. The van der Waals surface area contributed by atoms with Crippen molar-refractivity contribution in [2.75, 3.05) is 33.3 Å². The summed E-state index contributed by atoms with van der Waals surface area (Å²) in [6, 6.07) is 6.61. The van der Waals surface area contributed by atoms with Gasteiger partial charge in [0.05, 0.1) is 17.2 Å². The zero-order valence-corrected chi connectivity index (χ0v) is 13.9. The maximum absolute atomic E-state index is 12.2. The van der Waals surface area contributed by atoms with Gasteiger partial charge in [0.1, 0.15) is 6.61 Å².